The van der Waals surface area contributed by atoms with E-state index in [9.17, 15) is 29.8 Å². The van der Waals surface area contributed by atoms with Crippen molar-refractivity contribution in [3.05, 3.63) is 102 Å². The van der Waals surface area contributed by atoms with E-state index in [1.807, 2.05) is 12.2 Å². The van der Waals surface area contributed by atoms with Crippen LogP contribution in [0.1, 0.15) is 93.7 Å². The lowest BCUT2D eigenvalue weighted by Crippen LogP contribution is -2.42. The molecule has 270 valence electrons. The summed E-state index contributed by atoms with van der Waals surface area (Å²) in [6, 6.07) is -0.912. The van der Waals surface area contributed by atoms with Gasteiger partial charge in [0.25, 0.3) is 5.91 Å². The summed E-state index contributed by atoms with van der Waals surface area (Å²) in [5.41, 5.74) is 0.377. The first kappa shape index (κ1) is 42.7. The fourth-order valence-electron chi connectivity index (χ4n) is 4.18. The summed E-state index contributed by atoms with van der Waals surface area (Å²) in [4.78, 5) is 41.6. The average Bonchev–Trinajstić information content (AvgIpc) is 3.10. The summed E-state index contributed by atoms with van der Waals surface area (Å²) in [6.45, 7) is 3.15. The number of carbonyl (C=O) groups excluding carboxylic acids is 3. The van der Waals surface area contributed by atoms with Gasteiger partial charge in [-0.15, -0.1) is 0 Å². The zero-order valence-electron chi connectivity index (χ0n) is 29.2. The van der Waals surface area contributed by atoms with Crippen LogP contribution in [0.2, 0.25) is 0 Å². The summed E-state index contributed by atoms with van der Waals surface area (Å²) < 4.78 is 5.82. The number of nitrogens with one attached hydrogen (secondary N) is 2. The molecular formula is C38H56N4O7. The first-order valence-corrected chi connectivity index (χ1v) is 17.2. The molecule has 0 spiro atoms. The van der Waals surface area contributed by atoms with Crippen LogP contribution in [0, 0.1) is 18.0 Å². The largest absolute Gasteiger partial charge is 0.618 e. The molecule has 0 aliphatic carbocycles. The fraction of sp³-hybridized carbons (Fsp3) is 0.500. The van der Waals surface area contributed by atoms with Crippen LogP contribution >= 0.6 is 0 Å². The van der Waals surface area contributed by atoms with E-state index in [4.69, 9.17) is 4.74 Å². The van der Waals surface area contributed by atoms with Crippen LogP contribution in [0.15, 0.2) is 85.3 Å². The molecule has 1 unspecified atom stereocenters. The molecule has 1 aromatic heterocycles. The Morgan fingerprint density at radius 2 is 1.43 bits per heavy atom. The van der Waals surface area contributed by atoms with Gasteiger partial charge in [-0.2, -0.15) is 4.73 Å². The highest BCUT2D eigenvalue weighted by Gasteiger charge is 2.23. The average molecular weight is 681 g/mol. The van der Waals surface area contributed by atoms with Crippen LogP contribution in [-0.4, -0.2) is 65.4 Å². The maximum Gasteiger partial charge on any atom is 0.328 e. The van der Waals surface area contributed by atoms with Crippen molar-refractivity contribution in [3.63, 3.8) is 0 Å². The molecular weight excluding hydrogens is 624 g/mol. The number of rotatable bonds is 26. The van der Waals surface area contributed by atoms with Crippen molar-refractivity contribution < 1.29 is 34.1 Å². The second-order valence-corrected chi connectivity index (χ2v) is 11.4. The summed E-state index contributed by atoms with van der Waals surface area (Å²) >= 11 is 0. The van der Waals surface area contributed by atoms with Gasteiger partial charge >= 0.3 is 5.97 Å². The molecule has 1 heterocycles. The first-order chi connectivity index (χ1) is 23.8. The summed E-state index contributed by atoms with van der Waals surface area (Å²) in [7, 11) is 0. The molecule has 0 saturated carbocycles. The van der Waals surface area contributed by atoms with Gasteiger partial charge in [0, 0.05) is 25.8 Å². The van der Waals surface area contributed by atoms with Crippen molar-refractivity contribution in [2.45, 2.75) is 90.5 Å². The molecule has 1 atom stereocenters. The van der Waals surface area contributed by atoms with Crippen molar-refractivity contribution in [1.29, 1.82) is 0 Å². The topological polar surface area (TPSA) is 165 Å². The minimum Gasteiger partial charge on any atom is -0.618 e. The first-order valence-electron chi connectivity index (χ1n) is 17.2. The highest BCUT2D eigenvalue weighted by Crippen LogP contribution is 2.07. The highest BCUT2D eigenvalue weighted by atomic mass is 16.5. The van der Waals surface area contributed by atoms with Crippen molar-refractivity contribution in [2.75, 3.05) is 26.4 Å². The standard InChI is InChI=1S/C38H56N4O7/c1-3-4-5-6-7-8-9-10-11-12-13-14-15-16-17-18-19-20-21-25-36(45)41-34(38(47)49-31-33(29-43)30-44)24-22-23-26-39-37(46)35-28-42(48)32(2)27-40-35/h4-5,7-8,10-11,13-14,16-17,19-20,27-28,33-34,43-44H,3,6,9,12,15,18,21-26,29-31H2,1-2H3,(H,39,46)(H,41,45). The van der Waals surface area contributed by atoms with Gasteiger partial charge in [-0.05, 0) is 64.2 Å². The van der Waals surface area contributed by atoms with Crippen LogP contribution < -0.4 is 15.4 Å². The Morgan fingerprint density at radius 3 is 1.96 bits per heavy atom. The number of aromatic nitrogens is 2. The Labute approximate surface area is 291 Å². The Kier molecular flexibility index (Phi) is 24.9. The molecule has 0 aliphatic heterocycles. The molecule has 1 rings (SSSR count). The number of aliphatic hydroxyl groups excluding tert-OH is 2. The molecule has 11 nitrogen and oxygen atoms in total. The normalized spacial score (nSPS) is 12.8. The van der Waals surface area contributed by atoms with Gasteiger partial charge in [0.2, 0.25) is 17.8 Å². The molecule has 2 amide bonds. The van der Waals surface area contributed by atoms with E-state index in [1.165, 1.54) is 6.20 Å². The summed E-state index contributed by atoms with van der Waals surface area (Å²) in [5, 5.41) is 35.6. The Hall–Kier alpha value is -4.35. The molecule has 4 N–H and O–H groups in total. The number of allylic oxidation sites excluding steroid dienone is 12. The van der Waals surface area contributed by atoms with Gasteiger partial charge < -0.3 is 30.8 Å². The van der Waals surface area contributed by atoms with Crippen molar-refractivity contribution in [1.82, 2.24) is 15.6 Å². The zero-order valence-corrected chi connectivity index (χ0v) is 29.2. The molecule has 1 aromatic rings. The van der Waals surface area contributed by atoms with Crippen molar-refractivity contribution in [3.8, 4) is 0 Å². The van der Waals surface area contributed by atoms with Crippen LogP contribution in [0.5, 0.6) is 0 Å². The van der Waals surface area contributed by atoms with Crippen molar-refractivity contribution in [2.24, 2.45) is 5.92 Å². The summed E-state index contributed by atoms with van der Waals surface area (Å²) in [6.07, 6.45) is 35.4. The van der Waals surface area contributed by atoms with Gasteiger partial charge in [0.15, 0.2) is 5.69 Å². The van der Waals surface area contributed by atoms with E-state index in [0.29, 0.717) is 29.7 Å². The molecule has 0 saturated heterocycles. The smallest absolute Gasteiger partial charge is 0.328 e. The molecule has 0 bridgehead atoms. The minimum atomic E-state index is -0.912. The predicted octanol–water partition coefficient (Wildman–Crippen LogP) is 5.03. The van der Waals surface area contributed by atoms with E-state index in [2.05, 4.69) is 83.3 Å². The lowest BCUT2D eigenvalue weighted by Gasteiger charge is -2.19. The number of hydrogen-bond donors (Lipinski definition) is 4. The van der Waals surface area contributed by atoms with Crippen LogP contribution in [-0.2, 0) is 14.3 Å². The van der Waals surface area contributed by atoms with Gasteiger partial charge in [-0.3, -0.25) is 9.59 Å². The monoisotopic (exact) mass is 680 g/mol. The van der Waals surface area contributed by atoms with Crippen molar-refractivity contribution >= 4 is 17.8 Å². The maximum atomic E-state index is 12.7. The number of amides is 2. The minimum absolute atomic E-state index is 0.00328. The van der Waals surface area contributed by atoms with Crippen LogP contribution in [0.4, 0.5) is 0 Å². The predicted molar refractivity (Wildman–Crippen MR) is 192 cm³/mol. The Morgan fingerprint density at radius 1 is 0.878 bits per heavy atom. The lowest BCUT2D eigenvalue weighted by molar-refractivity contribution is -0.613. The molecule has 0 radical (unpaired) electrons. The third kappa shape index (κ3) is 22.0. The third-order valence-electron chi connectivity index (χ3n) is 7.15. The van der Waals surface area contributed by atoms with Crippen LogP contribution in [0.3, 0.4) is 0 Å². The van der Waals surface area contributed by atoms with Gasteiger partial charge in [0.1, 0.15) is 6.04 Å². The Balaban J connectivity index is 2.38. The van der Waals surface area contributed by atoms with E-state index in [0.717, 1.165) is 44.7 Å². The number of hydrogen-bond acceptors (Lipinski definition) is 8. The fourth-order valence-corrected chi connectivity index (χ4v) is 4.18. The van der Waals surface area contributed by atoms with E-state index < -0.39 is 23.8 Å². The molecule has 11 heteroatoms. The Bertz CT molecular complexity index is 1270. The third-order valence-corrected chi connectivity index (χ3v) is 7.15. The number of unbranched alkanes of at least 4 members (excludes halogenated alkanes) is 1. The quantitative estimate of drug-likeness (QED) is 0.0348. The van der Waals surface area contributed by atoms with Crippen LogP contribution in [0.25, 0.3) is 0 Å². The summed E-state index contributed by atoms with van der Waals surface area (Å²) in [5.74, 6) is -2.04. The van der Waals surface area contributed by atoms with E-state index >= 15 is 0 Å². The molecule has 0 aromatic carbocycles. The van der Waals surface area contributed by atoms with Gasteiger partial charge in [-0.25, -0.2) is 9.78 Å². The number of aliphatic hydroxyl groups is 2. The lowest BCUT2D eigenvalue weighted by atomic mass is 10.1. The number of aryl methyl sites for hydroxylation is 1. The maximum absolute atomic E-state index is 12.7. The number of esters is 1. The number of carbonyl (C=O) groups is 3. The second kappa shape index (κ2) is 28.6. The molecule has 0 aliphatic rings. The molecule has 0 fully saturated rings. The zero-order chi connectivity index (χ0) is 36.0. The second-order valence-electron chi connectivity index (χ2n) is 11.4. The van der Waals surface area contributed by atoms with Gasteiger partial charge in [0.05, 0.1) is 26.0 Å². The number of ether oxygens (including phenoxy) is 1. The van der Waals surface area contributed by atoms with E-state index in [-0.39, 0.29) is 50.8 Å². The number of nitrogens with zero attached hydrogens (tertiary/aromatic N) is 2. The van der Waals surface area contributed by atoms with Gasteiger partial charge in [-0.1, -0.05) is 79.8 Å². The van der Waals surface area contributed by atoms with E-state index in [1.54, 1.807) is 6.92 Å². The highest BCUT2D eigenvalue weighted by molar-refractivity contribution is 5.91. The molecule has 49 heavy (non-hydrogen) atoms. The SMILES string of the molecule is CCC=CCC=CCC=CCC=CCC=CCC=CCCC(=O)NC(CCCCNC(=O)c1c[n+]([O-])c(C)cn1)C(=O)OCC(CO)CO.